The zero-order valence-electron chi connectivity index (χ0n) is 19.9. The van der Waals surface area contributed by atoms with Crippen LogP contribution in [-0.2, 0) is 9.53 Å². The van der Waals surface area contributed by atoms with Gasteiger partial charge in [-0.1, -0.05) is 74.3 Å². The van der Waals surface area contributed by atoms with Crippen LogP contribution in [0.5, 0.6) is 0 Å². The molecule has 0 aromatic carbocycles. The van der Waals surface area contributed by atoms with Crippen LogP contribution in [-0.4, -0.2) is 12.1 Å². The fourth-order valence-corrected chi connectivity index (χ4v) is 4.59. The quantitative estimate of drug-likeness (QED) is 0.335. The molecule has 0 spiro atoms. The summed E-state index contributed by atoms with van der Waals surface area (Å²) in [6.07, 6.45) is 7.51. The molecule has 0 aromatic rings. The lowest BCUT2D eigenvalue weighted by atomic mass is 9.61. The Labute approximate surface area is 169 Å². The van der Waals surface area contributed by atoms with Gasteiger partial charge in [-0.05, 0) is 67.8 Å². The molecule has 0 saturated heterocycles. The maximum atomic E-state index is 13.5. The zero-order chi connectivity index (χ0) is 21.0. The lowest BCUT2D eigenvalue weighted by Gasteiger charge is -2.44. The first-order valence-electron chi connectivity index (χ1n) is 11.2. The monoisotopic (exact) mass is 378 g/mol. The summed E-state index contributed by atoms with van der Waals surface area (Å²) in [4.78, 5) is 13.5. The van der Waals surface area contributed by atoms with Crippen molar-refractivity contribution in [2.75, 3.05) is 0 Å². The van der Waals surface area contributed by atoms with E-state index in [1.165, 1.54) is 24.8 Å². The van der Waals surface area contributed by atoms with Gasteiger partial charge in [0.1, 0.15) is 6.10 Å². The molecule has 27 heavy (non-hydrogen) atoms. The lowest BCUT2D eigenvalue weighted by Crippen LogP contribution is -2.45. The van der Waals surface area contributed by atoms with Crippen LogP contribution < -0.4 is 0 Å². The van der Waals surface area contributed by atoms with Crippen LogP contribution in [0.15, 0.2) is 11.1 Å². The summed E-state index contributed by atoms with van der Waals surface area (Å²) in [6.45, 7) is 22.0. The lowest BCUT2D eigenvalue weighted by molar-refractivity contribution is -0.169. The van der Waals surface area contributed by atoms with Gasteiger partial charge in [-0.2, -0.15) is 0 Å². The molecule has 0 bridgehead atoms. The maximum absolute atomic E-state index is 13.5. The van der Waals surface area contributed by atoms with Gasteiger partial charge in [0.15, 0.2) is 0 Å². The van der Waals surface area contributed by atoms with Crippen LogP contribution in [0, 0.1) is 22.2 Å². The van der Waals surface area contributed by atoms with E-state index in [0.717, 1.165) is 31.6 Å². The Morgan fingerprint density at radius 3 is 2.07 bits per heavy atom. The molecular weight excluding hydrogens is 332 g/mol. The van der Waals surface area contributed by atoms with E-state index in [0.29, 0.717) is 0 Å². The molecule has 0 heterocycles. The predicted octanol–water partition coefficient (Wildman–Crippen LogP) is 7.71. The molecule has 0 fully saturated rings. The van der Waals surface area contributed by atoms with E-state index in [-0.39, 0.29) is 22.9 Å². The first kappa shape index (κ1) is 24.2. The normalized spacial score (nSPS) is 22.4. The predicted molar refractivity (Wildman–Crippen MR) is 117 cm³/mol. The SMILES string of the molecule is CCC1=C(C(CC)OC(=O)C(C)(CC(C)(C)C)C(C)(C)C)CCC(CC)C1. The smallest absolute Gasteiger partial charge is 0.312 e. The summed E-state index contributed by atoms with van der Waals surface area (Å²) < 4.78 is 6.28. The van der Waals surface area contributed by atoms with E-state index in [9.17, 15) is 4.79 Å². The molecule has 0 aromatic heterocycles. The van der Waals surface area contributed by atoms with Gasteiger partial charge in [-0.3, -0.25) is 4.79 Å². The molecule has 1 aliphatic rings. The van der Waals surface area contributed by atoms with E-state index in [2.05, 4.69) is 69.2 Å². The topological polar surface area (TPSA) is 26.3 Å². The number of rotatable bonds is 7. The van der Waals surface area contributed by atoms with E-state index in [1.807, 2.05) is 0 Å². The fraction of sp³-hybridized carbons (Fsp3) is 0.880. The van der Waals surface area contributed by atoms with Crippen LogP contribution >= 0.6 is 0 Å². The number of carbonyl (C=O) groups is 1. The summed E-state index contributed by atoms with van der Waals surface area (Å²) in [5.74, 6) is 0.787. The minimum Gasteiger partial charge on any atom is -0.457 e. The number of allylic oxidation sites excluding steroid dienone is 1. The fourth-order valence-electron chi connectivity index (χ4n) is 4.59. The van der Waals surface area contributed by atoms with Gasteiger partial charge in [0.05, 0.1) is 5.41 Å². The second kappa shape index (κ2) is 9.14. The Kier molecular flexibility index (Phi) is 8.21. The number of ether oxygens (including phenoxy) is 1. The molecule has 0 radical (unpaired) electrons. The highest BCUT2D eigenvalue weighted by atomic mass is 16.5. The van der Waals surface area contributed by atoms with Gasteiger partial charge in [-0.15, -0.1) is 0 Å². The third-order valence-corrected chi connectivity index (χ3v) is 6.81. The van der Waals surface area contributed by atoms with Crippen molar-refractivity contribution in [3.8, 4) is 0 Å². The van der Waals surface area contributed by atoms with Gasteiger partial charge in [0, 0.05) is 0 Å². The molecular formula is C25H46O2. The van der Waals surface area contributed by atoms with Gasteiger partial charge in [0.25, 0.3) is 0 Å². The Morgan fingerprint density at radius 1 is 1.07 bits per heavy atom. The van der Waals surface area contributed by atoms with Crippen molar-refractivity contribution >= 4 is 5.97 Å². The number of esters is 1. The summed E-state index contributed by atoms with van der Waals surface area (Å²) in [6, 6.07) is 0. The van der Waals surface area contributed by atoms with Crippen LogP contribution in [0.3, 0.4) is 0 Å². The van der Waals surface area contributed by atoms with Gasteiger partial charge >= 0.3 is 5.97 Å². The Bertz CT molecular complexity index is 530. The molecule has 1 aliphatic carbocycles. The highest BCUT2D eigenvalue weighted by Gasteiger charge is 2.48. The van der Waals surface area contributed by atoms with E-state index >= 15 is 0 Å². The summed E-state index contributed by atoms with van der Waals surface area (Å²) in [5, 5.41) is 0. The molecule has 2 heteroatoms. The maximum Gasteiger partial charge on any atom is 0.312 e. The molecule has 0 aliphatic heterocycles. The van der Waals surface area contributed by atoms with Gasteiger partial charge in [-0.25, -0.2) is 0 Å². The Morgan fingerprint density at radius 2 is 1.67 bits per heavy atom. The molecule has 2 nitrogen and oxygen atoms in total. The molecule has 158 valence electrons. The number of carbonyl (C=O) groups excluding carboxylic acids is 1. The molecule has 0 saturated carbocycles. The molecule has 1 rings (SSSR count). The summed E-state index contributed by atoms with van der Waals surface area (Å²) >= 11 is 0. The van der Waals surface area contributed by atoms with Crippen LogP contribution in [0.4, 0.5) is 0 Å². The molecule has 3 unspecified atom stereocenters. The van der Waals surface area contributed by atoms with Crippen molar-refractivity contribution in [3.63, 3.8) is 0 Å². The van der Waals surface area contributed by atoms with E-state index in [1.54, 1.807) is 5.57 Å². The molecule has 0 N–H and O–H groups in total. The minimum atomic E-state index is -0.494. The Balaban J connectivity index is 3.13. The molecule has 0 amide bonds. The number of hydrogen-bond acceptors (Lipinski definition) is 2. The van der Waals surface area contributed by atoms with Crippen molar-refractivity contribution in [3.05, 3.63) is 11.1 Å². The minimum absolute atomic E-state index is 0.0163. The average Bonchev–Trinajstić information content (AvgIpc) is 2.56. The zero-order valence-corrected chi connectivity index (χ0v) is 19.9. The Hall–Kier alpha value is -0.790. The average molecular weight is 379 g/mol. The van der Waals surface area contributed by atoms with Crippen molar-refractivity contribution in [1.29, 1.82) is 0 Å². The summed E-state index contributed by atoms with van der Waals surface area (Å²) in [5.41, 5.74) is 2.41. The van der Waals surface area contributed by atoms with E-state index < -0.39 is 5.41 Å². The molecule has 3 atom stereocenters. The summed E-state index contributed by atoms with van der Waals surface area (Å²) in [7, 11) is 0. The van der Waals surface area contributed by atoms with Crippen molar-refractivity contribution in [2.45, 2.75) is 120 Å². The van der Waals surface area contributed by atoms with Crippen molar-refractivity contribution in [2.24, 2.45) is 22.2 Å². The van der Waals surface area contributed by atoms with Gasteiger partial charge in [0.2, 0.25) is 0 Å². The van der Waals surface area contributed by atoms with Gasteiger partial charge < -0.3 is 4.74 Å². The van der Waals surface area contributed by atoms with E-state index in [4.69, 9.17) is 4.74 Å². The largest absolute Gasteiger partial charge is 0.457 e. The van der Waals surface area contributed by atoms with Crippen LogP contribution in [0.25, 0.3) is 0 Å². The van der Waals surface area contributed by atoms with Crippen molar-refractivity contribution < 1.29 is 9.53 Å². The second-order valence-electron chi connectivity index (χ2n) is 11.1. The van der Waals surface area contributed by atoms with Crippen LogP contribution in [0.1, 0.15) is 114 Å². The standard InChI is InChI=1S/C25H46O2/c1-11-18-14-15-20(19(12-2)16-18)21(13-3)27-22(26)25(10,24(7,8)9)17-23(4,5)6/h18,21H,11-17H2,1-10H3. The number of hydrogen-bond donors (Lipinski definition) is 0. The first-order chi connectivity index (χ1) is 12.3. The van der Waals surface area contributed by atoms with Crippen LogP contribution in [0.2, 0.25) is 0 Å². The third kappa shape index (κ3) is 6.09. The highest BCUT2D eigenvalue weighted by molar-refractivity contribution is 5.78. The first-order valence-corrected chi connectivity index (χ1v) is 11.2. The highest BCUT2D eigenvalue weighted by Crippen LogP contribution is 2.48. The van der Waals surface area contributed by atoms with Crippen molar-refractivity contribution in [1.82, 2.24) is 0 Å². The second-order valence-corrected chi connectivity index (χ2v) is 11.1. The third-order valence-electron chi connectivity index (χ3n) is 6.81.